The van der Waals surface area contributed by atoms with Crippen LogP contribution in [0.5, 0.6) is 5.75 Å². The summed E-state index contributed by atoms with van der Waals surface area (Å²) in [7, 11) is 1.58. The van der Waals surface area contributed by atoms with E-state index in [1.54, 1.807) is 24.8 Å². The third kappa shape index (κ3) is 2.24. The van der Waals surface area contributed by atoms with E-state index in [2.05, 4.69) is 21.0 Å². The number of aromatic nitrogens is 2. The highest BCUT2D eigenvalue weighted by atomic mass is 79.9. The fourth-order valence-corrected chi connectivity index (χ4v) is 2.02. The number of aromatic carboxylic acids is 1. The van der Waals surface area contributed by atoms with Gasteiger partial charge >= 0.3 is 5.97 Å². The van der Waals surface area contributed by atoms with Crippen molar-refractivity contribution in [1.29, 1.82) is 0 Å². The fraction of sp³-hybridized carbons (Fsp3) is 0.167. The number of carbonyl (C=O) groups is 1. The van der Waals surface area contributed by atoms with Crippen LogP contribution >= 0.6 is 15.9 Å². The summed E-state index contributed by atoms with van der Waals surface area (Å²) in [5.41, 5.74) is 1.49. The first kappa shape index (κ1) is 12.6. The number of rotatable bonds is 3. The highest BCUT2D eigenvalue weighted by Gasteiger charge is 2.14. The predicted molar refractivity (Wildman–Crippen MR) is 69.5 cm³/mol. The summed E-state index contributed by atoms with van der Waals surface area (Å²) in [5, 5.41) is 13.0. The number of ether oxygens (including phenoxy) is 1. The van der Waals surface area contributed by atoms with Crippen molar-refractivity contribution in [2.24, 2.45) is 0 Å². The van der Waals surface area contributed by atoms with Gasteiger partial charge in [-0.25, -0.2) is 9.48 Å². The van der Waals surface area contributed by atoms with Crippen molar-refractivity contribution < 1.29 is 14.6 Å². The summed E-state index contributed by atoms with van der Waals surface area (Å²) in [6.45, 7) is 1.80. The summed E-state index contributed by atoms with van der Waals surface area (Å²) in [4.78, 5) is 10.9. The number of methoxy groups -OCH3 is 1. The lowest BCUT2D eigenvalue weighted by atomic mass is 10.3. The Hall–Kier alpha value is -1.82. The monoisotopic (exact) mass is 310 g/mol. The molecule has 2 aromatic rings. The Bertz CT molecular complexity index is 607. The number of aryl methyl sites for hydroxylation is 1. The molecule has 0 fully saturated rings. The van der Waals surface area contributed by atoms with Crippen LogP contribution in [0.3, 0.4) is 0 Å². The average molecular weight is 311 g/mol. The van der Waals surface area contributed by atoms with E-state index >= 15 is 0 Å². The maximum Gasteiger partial charge on any atom is 0.356 e. The van der Waals surface area contributed by atoms with E-state index in [-0.39, 0.29) is 5.69 Å². The summed E-state index contributed by atoms with van der Waals surface area (Å²) in [6, 6.07) is 6.95. The van der Waals surface area contributed by atoms with E-state index in [0.29, 0.717) is 5.75 Å². The predicted octanol–water partition coefficient (Wildman–Crippen LogP) is 2.65. The van der Waals surface area contributed by atoms with Crippen LogP contribution in [0.1, 0.15) is 16.2 Å². The molecule has 18 heavy (non-hydrogen) atoms. The van der Waals surface area contributed by atoms with Crippen LogP contribution in [0.25, 0.3) is 5.69 Å². The third-order valence-electron chi connectivity index (χ3n) is 2.49. The molecule has 0 bridgehead atoms. The maximum atomic E-state index is 10.9. The lowest BCUT2D eigenvalue weighted by molar-refractivity contribution is 0.0690. The Kier molecular flexibility index (Phi) is 3.38. The summed E-state index contributed by atoms with van der Waals surface area (Å²) < 4.78 is 7.52. The number of carboxylic acid groups (broad SMARTS) is 1. The van der Waals surface area contributed by atoms with Crippen LogP contribution < -0.4 is 4.74 Å². The molecular weight excluding hydrogens is 300 g/mol. The Morgan fingerprint density at radius 2 is 2.17 bits per heavy atom. The van der Waals surface area contributed by atoms with Crippen LogP contribution in [-0.4, -0.2) is 28.0 Å². The molecule has 1 aromatic carbocycles. The molecule has 1 heterocycles. The molecule has 94 valence electrons. The van der Waals surface area contributed by atoms with Crippen molar-refractivity contribution in [3.05, 3.63) is 40.1 Å². The van der Waals surface area contributed by atoms with Gasteiger partial charge in [0.2, 0.25) is 0 Å². The van der Waals surface area contributed by atoms with Gasteiger partial charge in [0.15, 0.2) is 5.69 Å². The van der Waals surface area contributed by atoms with Crippen molar-refractivity contribution >= 4 is 21.9 Å². The fourth-order valence-electron chi connectivity index (χ4n) is 1.60. The molecule has 1 aromatic heterocycles. The van der Waals surface area contributed by atoms with Crippen molar-refractivity contribution in [2.45, 2.75) is 6.92 Å². The van der Waals surface area contributed by atoms with Crippen LogP contribution in [0.2, 0.25) is 0 Å². The van der Waals surface area contributed by atoms with E-state index in [1.165, 1.54) is 6.07 Å². The molecule has 0 aliphatic heterocycles. The molecule has 0 aliphatic carbocycles. The number of carboxylic acids is 1. The first-order valence-corrected chi connectivity index (χ1v) is 5.96. The van der Waals surface area contributed by atoms with E-state index < -0.39 is 5.97 Å². The Morgan fingerprint density at radius 3 is 2.72 bits per heavy atom. The quantitative estimate of drug-likeness (QED) is 0.946. The highest BCUT2D eigenvalue weighted by molar-refractivity contribution is 9.10. The van der Waals surface area contributed by atoms with E-state index in [1.807, 2.05) is 12.1 Å². The standard InChI is InChI=1S/C12H11BrN2O3/c1-7-5-10(12(16)17)14-15(7)11-6-8(18-2)3-4-9(11)13/h3-6H,1-2H3,(H,16,17). The van der Waals surface area contributed by atoms with E-state index in [4.69, 9.17) is 9.84 Å². The smallest absolute Gasteiger partial charge is 0.356 e. The van der Waals surface area contributed by atoms with Gasteiger partial charge in [0.05, 0.1) is 12.8 Å². The van der Waals surface area contributed by atoms with Crippen LogP contribution in [-0.2, 0) is 0 Å². The highest BCUT2D eigenvalue weighted by Crippen LogP contribution is 2.26. The Balaban J connectivity index is 2.57. The first-order chi connectivity index (χ1) is 8.52. The number of hydrogen-bond acceptors (Lipinski definition) is 3. The molecule has 0 saturated carbocycles. The summed E-state index contributed by atoms with van der Waals surface area (Å²) >= 11 is 3.41. The van der Waals surface area contributed by atoms with Gasteiger partial charge in [0.1, 0.15) is 5.75 Å². The third-order valence-corrected chi connectivity index (χ3v) is 3.16. The van der Waals surface area contributed by atoms with E-state index in [9.17, 15) is 4.79 Å². The lowest BCUT2D eigenvalue weighted by Gasteiger charge is -2.08. The van der Waals surface area contributed by atoms with Crippen molar-refractivity contribution in [3.63, 3.8) is 0 Å². The first-order valence-electron chi connectivity index (χ1n) is 5.17. The molecule has 2 rings (SSSR count). The Labute approximate surface area is 112 Å². The topological polar surface area (TPSA) is 64.4 Å². The zero-order valence-electron chi connectivity index (χ0n) is 9.85. The van der Waals surface area contributed by atoms with Gasteiger partial charge in [-0.15, -0.1) is 0 Å². The van der Waals surface area contributed by atoms with Crippen molar-refractivity contribution in [2.75, 3.05) is 7.11 Å². The SMILES string of the molecule is COc1ccc(Br)c(-n2nc(C(=O)O)cc2C)c1. The minimum Gasteiger partial charge on any atom is -0.497 e. The van der Waals surface area contributed by atoms with Gasteiger partial charge in [-0.2, -0.15) is 5.10 Å². The lowest BCUT2D eigenvalue weighted by Crippen LogP contribution is -2.03. The second-order valence-corrected chi connectivity index (χ2v) is 4.56. The molecule has 5 nitrogen and oxygen atoms in total. The number of halogens is 1. The normalized spacial score (nSPS) is 10.4. The van der Waals surface area contributed by atoms with Gasteiger partial charge < -0.3 is 9.84 Å². The van der Waals surface area contributed by atoms with Crippen LogP contribution in [0.15, 0.2) is 28.7 Å². The van der Waals surface area contributed by atoms with Gasteiger partial charge in [0.25, 0.3) is 0 Å². The maximum absolute atomic E-state index is 10.9. The minimum atomic E-state index is -1.05. The molecule has 0 atom stereocenters. The van der Waals surface area contributed by atoms with Crippen LogP contribution in [0, 0.1) is 6.92 Å². The van der Waals surface area contributed by atoms with Gasteiger partial charge in [-0.05, 0) is 41.1 Å². The number of benzene rings is 1. The molecule has 0 radical (unpaired) electrons. The minimum absolute atomic E-state index is 0.0159. The number of nitrogens with zero attached hydrogens (tertiary/aromatic N) is 2. The molecular formula is C12H11BrN2O3. The zero-order valence-corrected chi connectivity index (χ0v) is 11.4. The second-order valence-electron chi connectivity index (χ2n) is 3.71. The van der Waals surface area contributed by atoms with Gasteiger partial charge in [-0.1, -0.05) is 0 Å². The molecule has 6 heteroatoms. The molecule has 0 spiro atoms. The van der Waals surface area contributed by atoms with Crippen LogP contribution in [0.4, 0.5) is 0 Å². The summed E-state index contributed by atoms with van der Waals surface area (Å²) in [6.07, 6.45) is 0. The molecule has 0 unspecified atom stereocenters. The van der Waals surface area contributed by atoms with Crippen molar-refractivity contribution in [3.8, 4) is 11.4 Å². The molecule has 0 saturated heterocycles. The molecule has 1 N–H and O–H groups in total. The molecule has 0 amide bonds. The van der Waals surface area contributed by atoms with Gasteiger partial charge in [-0.3, -0.25) is 0 Å². The number of hydrogen-bond donors (Lipinski definition) is 1. The van der Waals surface area contributed by atoms with Gasteiger partial charge in [0, 0.05) is 16.2 Å². The average Bonchev–Trinajstić information content (AvgIpc) is 2.72. The van der Waals surface area contributed by atoms with Crippen molar-refractivity contribution in [1.82, 2.24) is 9.78 Å². The van der Waals surface area contributed by atoms with E-state index in [0.717, 1.165) is 15.9 Å². The zero-order chi connectivity index (χ0) is 13.3. The second kappa shape index (κ2) is 4.81. The largest absolute Gasteiger partial charge is 0.497 e. The molecule has 0 aliphatic rings. The summed E-state index contributed by atoms with van der Waals surface area (Å²) in [5.74, 6) is -0.365. The Morgan fingerprint density at radius 1 is 1.44 bits per heavy atom.